The van der Waals surface area contributed by atoms with Crippen molar-refractivity contribution in [1.82, 2.24) is 14.3 Å². The van der Waals surface area contributed by atoms with Crippen LogP contribution in [0.4, 0.5) is 0 Å². The normalized spacial score (nSPS) is 13.5. The molecule has 0 amide bonds. The number of carboxylic acid groups (broad SMARTS) is 1. The van der Waals surface area contributed by atoms with E-state index in [9.17, 15) is 13.2 Å². The van der Waals surface area contributed by atoms with Gasteiger partial charge in [0.15, 0.2) is 5.03 Å². The molecule has 1 aromatic rings. The van der Waals surface area contributed by atoms with E-state index < -0.39 is 22.0 Å². The highest BCUT2D eigenvalue weighted by Crippen LogP contribution is 2.06. The molecule has 0 saturated heterocycles. The Morgan fingerprint density at radius 2 is 2.29 bits per heavy atom. The van der Waals surface area contributed by atoms with Crippen LogP contribution in [-0.2, 0) is 21.4 Å². The predicted molar refractivity (Wildman–Crippen MR) is 59.9 cm³/mol. The van der Waals surface area contributed by atoms with Gasteiger partial charge in [0.25, 0.3) is 10.0 Å². The number of nitrogens with zero attached hydrogens (tertiary/aromatic N) is 2. The third kappa shape index (κ3) is 3.82. The molecule has 0 spiro atoms. The van der Waals surface area contributed by atoms with Crippen molar-refractivity contribution in [2.24, 2.45) is 0 Å². The maximum Gasteiger partial charge on any atom is 0.304 e. The molecule has 2 N–H and O–H groups in total. The van der Waals surface area contributed by atoms with Gasteiger partial charge in [-0.25, -0.2) is 18.1 Å². The number of nitrogens with one attached hydrogen (secondary N) is 1. The van der Waals surface area contributed by atoms with Crippen molar-refractivity contribution in [1.29, 1.82) is 0 Å². The number of hydrogen-bond acceptors (Lipinski definition) is 4. The van der Waals surface area contributed by atoms with Gasteiger partial charge in [-0.05, 0) is 13.8 Å². The zero-order valence-electron chi connectivity index (χ0n) is 9.62. The lowest BCUT2D eigenvalue weighted by molar-refractivity contribution is -0.137. The van der Waals surface area contributed by atoms with Crippen molar-refractivity contribution >= 4 is 16.0 Å². The van der Waals surface area contributed by atoms with Gasteiger partial charge in [0.2, 0.25) is 0 Å². The van der Waals surface area contributed by atoms with Crippen LogP contribution < -0.4 is 4.72 Å². The summed E-state index contributed by atoms with van der Waals surface area (Å²) in [4.78, 5) is 14.2. The molecular weight excluding hydrogens is 246 g/mol. The first-order chi connectivity index (χ1) is 7.85. The van der Waals surface area contributed by atoms with Crippen molar-refractivity contribution in [3.8, 4) is 0 Å². The van der Waals surface area contributed by atoms with Crippen molar-refractivity contribution in [3.63, 3.8) is 0 Å². The van der Waals surface area contributed by atoms with Crippen LogP contribution in [0, 0.1) is 0 Å². The number of aromatic nitrogens is 2. The summed E-state index contributed by atoms with van der Waals surface area (Å²) < 4.78 is 27.4. The molecule has 17 heavy (non-hydrogen) atoms. The van der Waals surface area contributed by atoms with Gasteiger partial charge in [0.05, 0.1) is 12.7 Å². The molecule has 0 aromatic carbocycles. The molecule has 0 fully saturated rings. The summed E-state index contributed by atoms with van der Waals surface area (Å²) in [6.45, 7) is 3.97. The first-order valence-corrected chi connectivity index (χ1v) is 6.59. The van der Waals surface area contributed by atoms with Crippen LogP contribution in [0.1, 0.15) is 20.3 Å². The number of carboxylic acids is 1. The zero-order valence-corrected chi connectivity index (χ0v) is 10.4. The molecule has 8 heteroatoms. The third-order valence-electron chi connectivity index (χ3n) is 2.09. The highest BCUT2D eigenvalue weighted by atomic mass is 32.2. The SMILES string of the molecule is CCn1cnc(S(=O)(=O)NC(C)CC(=O)O)c1. The Morgan fingerprint density at radius 1 is 1.65 bits per heavy atom. The second kappa shape index (κ2) is 5.28. The largest absolute Gasteiger partial charge is 0.481 e. The lowest BCUT2D eigenvalue weighted by Crippen LogP contribution is -2.34. The molecule has 1 atom stereocenters. The number of sulfonamides is 1. The van der Waals surface area contributed by atoms with E-state index in [1.165, 1.54) is 19.4 Å². The highest BCUT2D eigenvalue weighted by Gasteiger charge is 2.21. The van der Waals surface area contributed by atoms with E-state index in [1.54, 1.807) is 4.57 Å². The first-order valence-electron chi connectivity index (χ1n) is 5.11. The van der Waals surface area contributed by atoms with Gasteiger partial charge < -0.3 is 9.67 Å². The Bertz CT molecular complexity index is 494. The molecular formula is C9H15N3O4S. The summed E-state index contributed by atoms with van der Waals surface area (Å²) in [6, 6.07) is -0.677. The van der Waals surface area contributed by atoms with Crippen LogP contribution in [0.3, 0.4) is 0 Å². The number of hydrogen-bond donors (Lipinski definition) is 2. The fourth-order valence-electron chi connectivity index (χ4n) is 1.28. The van der Waals surface area contributed by atoms with Gasteiger partial charge in [-0.2, -0.15) is 0 Å². The fourth-order valence-corrected chi connectivity index (χ4v) is 2.47. The topological polar surface area (TPSA) is 101 Å². The van der Waals surface area contributed by atoms with Gasteiger partial charge in [-0.15, -0.1) is 0 Å². The summed E-state index contributed by atoms with van der Waals surface area (Å²) >= 11 is 0. The minimum Gasteiger partial charge on any atom is -0.481 e. The monoisotopic (exact) mass is 261 g/mol. The van der Waals surface area contributed by atoms with Crippen LogP contribution in [0.2, 0.25) is 0 Å². The summed E-state index contributed by atoms with van der Waals surface area (Å²) in [5.41, 5.74) is 0. The van der Waals surface area contributed by atoms with Gasteiger partial charge in [0, 0.05) is 18.8 Å². The Balaban J connectivity index is 2.78. The average Bonchev–Trinajstić information content (AvgIpc) is 2.63. The van der Waals surface area contributed by atoms with Crippen molar-refractivity contribution in [2.75, 3.05) is 0 Å². The Labute approximate surface area is 99.5 Å². The average molecular weight is 261 g/mol. The van der Waals surface area contributed by atoms with E-state index in [0.29, 0.717) is 6.54 Å². The molecule has 0 aliphatic heterocycles. The second-order valence-corrected chi connectivity index (χ2v) is 5.32. The number of carbonyl (C=O) groups is 1. The van der Waals surface area contributed by atoms with E-state index >= 15 is 0 Å². The van der Waals surface area contributed by atoms with E-state index in [2.05, 4.69) is 9.71 Å². The number of aryl methyl sites for hydroxylation is 1. The van der Waals surface area contributed by atoms with Gasteiger partial charge in [-0.3, -0.25) is 4.79 Å². The van der Waals surface area contributed by atoms with Gasteiger partial charge in [0.1, 0.15) is 0 Å². The van der Waals surface area contributed by atoms with Crippen molar-refractivity contribution < 1.29 is 18.3 Å². The molecule has 96 valence electrons. The molecule has 1 unspecified atom stereocenters. The fraction of sp³-hybridized carbons (Fsp3) is 0.556. The zero-order chi connectivity index (χ0) is 13.1. The molecule has 1 rings (SSSR count). The number of rotatable bonds is 6. The Morgan fingerprint density at radius 3 is 2.76 bits per heavy atom. The third-order valence-corrected chi connectivity index (χ3v) is 3.56. The standard InChI is InChI=1S/C9H15N3O4S/c1-3-12-5-8(10-6-12)17(15,16)11-7(2)4-9(13)14/h5-7,11H,3-4H2,1-2H3,(H,13,14). The summed E-state index contributed by atoms with van der Waals surface area (Å²) in [5, 5.41) is 8.44. The summed E-state index contributed by atoms with van der Waals surface area (Å²) in [6.07, 6.45) is 2.54. The summed E-state index contributed by atoms with van der Waals surface area (Å²) in [7, 11) is -3.74. The lowest BCUT2D eigenvalue weighted by atomic mass is 10.3. The molecule has 7 nitrogen and oxygen atoms in total. The molecule has 0 saturated carbocycles. The van der Waals surface area contributed by atoms with Gasteiger partial charge in [-0.1, -0.05) is 0 Å². The first kappa shape index (κ1) is 13.7. The van der Waals surface area contributed by atoms with Crippen molar-refractivity contribution in [2.45, 2.75) is 37.9 Å². The minimum absolute atomic E-state index is 0.100. The minimum atomic E-state index is -3.74. The van der Waals surface area contributed by atoms with E-state index in [-0.39, 0.29) is 11.4 Å². The van der Waals surface area contributed by atoms with E-state index in [1.807, 2.05) is 6.92 Å². The molecule has 0 bridgehead atoms. The van der Waals surface area contributed by atoms with Crippen LogP contribution in [0.25, 0.3) is 0 Å². The quantitative estimate of drug-likeness (QED) is 0.753. The smallest absolute Gasteiger partial charge is 0.304 e. The maximum absolute atomic E-state index is 11.8. The number of imidazole rings is 1. The summed E-state index contributed by atoms with van der Waals surface area (Å²) in [5.74, 6) is -1.06. The maximum atomic E-state index is 11.8. The molecule has 0 aliphatic rings. The molecule has 1 heterocycles. The molecule has 0 aliphatic carbocycles. The highest BCUT2D eigenvalue weighted by molar-refractivity contribution is 7.89. The van der Waals surface area contributed by atoms with E-state index in [0.717, 1.165) is 0 Å². The lowest BCUT2D eigenvalue weighted by Gasteiger charge is -2.10. The van der Waals surface area contributed by atoms with Crippen LogP contribution in [0.15, 0.2) is 17.6 Å². The number of aliphatic carboxylic acids is 1. The molecule has 1 aromatic heterocycles. The van der Waals surface area contributed by atoms with Crippen molar-refractivity contribution in [3.05, 3.63) is 12.5 Å². The Kier molecular flexibility index (Phi) is 4.24. The van der Waals surface area contributed by atoms with Gasteiger partial charge >= 0.3 is 5.97 Å². The van der Waals surface area contributed by atoms with E-state index in [4.69, 9.17) is 5.11 Å². The second-order valence-electron chi connectivity index (χ2n) is 3.66. The van der Waals surface area contributed by atoms with Crippen LogP contribution in [-0.4, -0.2) is 35.1 Å². The van der Waals surface area contributed by atoms with Crippen LogP contribution in [0.5, 0.6) is 0 Å². The molecule has 0 radical (unpaired) electrons. The Hall–Kier alpha value is -1.41. The van der Waals surface area contributed by atoms with Crippen LogP contribution >= 0.6 is 0 Å². The predicted octanol–water partition coefficient (Wildman–Crippen LogP) is 0.0445.